The molecule has 4 heteroatoms. The van der Waals surface area contributed by atoms with Gasteiger partial charge in [-0.3, -0.25) is 0 Å². The van der Waals surface area contributed by atoms with E-state index < -0.39 is 0 Å². The molecule has 0 fully saturated rings. The number of halogens is 2. The third-order valence-electron chi connectivity index (χ3n) is 3.69. The van der Waals surface area contributed by atoms with Crippen LogP contribution in [0.5, 0.6) is 0 Å². The number of hydrogen-bond acceptors (Lipinski definition) is 2. The minimum atomic E-state index is -0.239. The second kappa shape index (κ2) is 7.24. The molecule has 0 heterocycles. The third-order valence-corrected chi connectivity index (χ3v) is 4.38. The summed E-state index contributed by atoms with van der Waals surface area (Å²) in [6, 6.07) is 21.7. The van der Waals surface area contributed by atoms with Gasteiger partial charge in [0.05, 0.1) is 0 Å². The fourth-order valence-electron chi connectivity index (χ4n) is 2.44. The zero-order valence-corrected chi connectivity index (χ0v) is 14.4. The van der Waals surface area contributed by atoms with Crippen LogP contribution < -0.4 is 0 Å². The molecule has 0 spiro atoms. The largest absolute Gasteiger partial charge is 0.205 e. The summed E-state index contributed by atoms with van der Waals surface area (Å²) < 4.78 is 26.6. The van der Waals surface area contributed by atoms with Crippen molar-refractivity contribution in [3.05, 3.63) is 84.4 Å². The molecule has 0 atom stereocenters. The quantitative estimate of drug-likeness (QED) is 0.329. The van der Waals surface area contributed by atoms with Crippen molar-refractivity contribution in [3.63, 3.8) is 0 Å². The lowest BCUT2D eigenvalue weighted by Gasteiger charge is -2.00. The molecular formula is C20H14F2S2. The summed E-state index contributed by atoms with van der Waals surface area (Å²) >= 11 is 8.00. The molecule has 0 aliphatic heterocycles. The average Bonchev–Trinajstić information content (AvgIpc) is 2.62. The van der Waals surface area contributed by atoms with Crippen LogP contribution in [-0.2, 0) is 0 Å². The highest BCUT2D eigenvalue weighted by atomic mass is 32.1. The van der Waals surface area contributed by atoms with E-state index in [0.717, 1.165) is 10.8 Å². The van der Waals surface area contributed by atoms with Crippen LogP contribution in [0.25, 0.3) is 21.5 Å². The summed E-state index contributed by atoms with van der Waals surface area (Å²) in [5, 5.41) is 3.08. The first-order valence-electron chi connectivity index (χ1n) is 7.30. The van der Waals surface area contributed by atoms with Gasteiger partial charge in [-0.05, 0) is 22.9 Å². The average molecular weight is 356 g/mol. The van der Waals surface area contributed by atoms with Crippen LogP contribution in [0.15, 0.2) is 82.6 Å². The van der Waals surface area contributed by atoms with E-state index in [0.29, 0.717) is 20.6 Å². The van der Waals surface area contributed by atoms with Gasteiger partial charge < -0.3 is 0 Å². The monoisotopic (exact) mass is 356 g/mol. The molecule has 0 amide bonds. The standard InChI is InChI=1S/2C10H7FS/c2*11-10-8-4-2-1-3-7(8)5-6-9(10)12/h2*1-6,12H. The Bertz CT molecular complexity index is 929. The van der Waals surface area contributed by atoms with Crippen LogP contribution in [0.1, 0.15) is 0 Å². The highest BCUT2D eigenvalue weighted by Crippen LogP contribution is 2.23. The van der Waals surface area contributed by atoms with Crippen molar-refractivity contribution in [3.8, 4) is 0 Å². The molecule has 0 aliphatic carbocycles. The van der Waals surface area contributed by atoms with Crippen LogP contribution in [0.4, 0.5) is 8.78 Å². The number of rotatable bonds is 0. The van der Waals surface area contributed by atoms with E-state index in [9.17, 15) is 8.78 Å². The Morgan fingerprint density at radius 2 is 0.875 bits per heavy atom. The first-order valence-corrected chi connectivity index (χ1v) is 8.20. The van der Waals surface area contributed by atoms with Crippen LogP contribution in [0, 0.1) is 11.6 Å². The van der Waals surface area contributed by atoms with Gasteiger partial charge in [0.25, 0.3) is 0 Å². The Morgan fingerprint density at radius 3 is 1.29 bits per heavy atom. The van der Waals surface area contributed by atoms with Crippen molar-refractivity contribution in [1.29, 1.82) is 0 Å². The predicted molar refractivity (Wildman–Crippen MR) is 102 cm³/mol. The molecule has 0 aliphatic rings. The van der Waals surface area contributed by atoms with Crippen molar-refractivity contribution < 1.29 is 8.78 Å². The molecule has 0 aromatic heterocycles. The maximum Gasteiger partial charge on any atom is 0.144 e. The molecule has 24 heavy (non-hydrogen) atoms. The Morgan fingerprint density at radius 1 is 0.500 bits per heavy atom. The molecular weight excluding hydrogens is 342 g/mol. The van der Waals surface area contributed by atoms with Crippen molar-refractivity contribution in [2.45, 2.75) is 9.79 Å². The third kappa shape index (κ3) is 3.40. The van der Waals surface area contributed by atoms with Gasteiger partial charge >= 0.3 is 0 Å². The molecule has 0 saturated heterocycles. The molecule has 4 aromatic carbocycles. The zero-order valence-electron chi connectivity index (χ0n) is 12.6. The number of thiol groups is 2. The molecule has 4 rings (SSSR count). The first kappa shape index (κ1) is 16.8. The first-order chi connectivity index (χ1) is 11.6. The summed E-state index contributed by atoms with van der Waals surface area (Å²) in [7, 11) is 0. The minimum absolute atomic E-state index is 0.239. The van der Waals surface area contributed by atoms with E-state index in [4.69, 9.17) is 0 Å². The maximum absolute atomic E-state index is 13.3. The normalized spacial score (nSPS) is 10.5. The topological polar surface area (TPSA) is 0 Å². The Labute approximate surface area is 149 Å². The van der Waals surface area contributed by atoms with Gasteiger partial charge in [-0.25, -0.2) is 8.78 Å². The van der Waals surface area contributed by atoms with E-state index in [1.165, 1.54) is 0 Å². The second-order valence-electron chi connectivity index (χ2n) is 5.24. The lowest BCUT2D eigenvalue weighted by molar-refractivity contribution is 0.615. The van der Waals surface area contributed by atoms with Gasteiger partial charge in [0.15, 0.2) is 0 Å². The maximum atomic E-state index is 13.3. The number of fused-ring (bicyclic) bond motifs is 2. The van der Waals surface area contributed by atoms with Gasteiger partial charge in [0, 0.05) is 20.6 Å². The molecule has 0 saturated carbocycles. The molecule has 0 unspecified atom stereocenters. The number of hydrogen-bond donors (Lipinski definition) is 2. The van der Waals surface area contributed by atoms with Gasteiger partial charge in [0.1, 0.15) is 11.6 Å². The molecule has 0 bridgehead atoms. The highest BCUT2D eigenvalue weighted by molar-refractivity contribution is 7.80. The lowest BCUT2D eigenvalue weighted by atomic mass is 10.1. The molecule has 120 valence electrons. The predicted octanol–water partition coefficient (Wildman–Crippen LogP) is 6.54. The fraction of sp³-hybridized carbons (Fsp3) is 0. The summed E-state index contributed by atoms with van der Waals surface area (Å²) in [6.45, 7) is 0. The SMILES string of the molecule is Fc1c(S)ccc2ccccc12.Fc1c(S)ccc2ccccc12. The van der Waals surface area contributed by atoms with Crippen molar-refractivity contribution in [2.75, 3.05) is 0 Å². The van der Waals surface area contributed by atoms with E-state index in [2.05, 4.69) is 25.3 Å². The van der Waals surface area contributed by atoms with Gasteiger partial charge in [-0.1, -0.05) is 60.7 Å². The Kier molecular flexibility index (Phi) is 5.07. The fourth-order valence-corrected chi connectivity index (χ4v) is 2.83. The van der Waals surface area contributed by atoms with Crippen molar-refractivity contribution >= 4 is 46.8 Å². The summed E-state index contributed by atoms with van der Waals surface area (Å²) in [6.07, 6.45) is 0. The Balaban J connectivity index is 0.000000141. The Hall–Kier alpha value is -2.04. The van der Waals surface area contributed by atoms with Gasteiger partial charge in [0.2, 0.25) is 0 Å². The van der Waals surface area contributed by atoms with E-state index >= 15 is 0 Å². The van der Waals surface area contributed by atoms with Crippen LogP contribution in [0.2, 0.25) is 0 Å². The second-order valence-corrected chi connectivity index (χ2v) is 6.20. The van der Waals surface area contributed by atoms with Crippen molar-refractivity contribution in [2.24, 2.45) is 0 Å². The summed E-state index contributed by atoms with van der Waals surface area (Å²) in [5.74, 6) is -0.479. The molecule has 0 N–H and O–H groups in total. The molecule has 4 aromatic rings. The van der Waals surface area contributed by atoms with Crippen LogP contribution >= 0.6 is 25.3 Å². The van der Waals surface area contributed by atoms with Gasteiger partial charge in [-0.15, -0.1) is 25.3 Å². The zero-order chi connectivity index (χ0) is 17.1. The number of benzene rings is 4. The highest BCUT2D eigenvalue weighted by Gasteiger charge is 2.03. The lowest BCUT2D eigenvalue weighted by Crippen LogP contribution is -1.80. The smallest absolute Gasteiger partial charge is 0.144 e. The molecule has 0 radical (unpaired) electrons. The van der Waals surface area contributed by atoms with Gasteiger partial charge in [-0.2, -0.15) is 0 Å². The van der Waals surface area contributed by atoms with E-state index in [1.54, 1.807) is 24.3 Å². The van der Waals surface area contributed by atoms with Crippen LogP contribution in [-0.4, -0.2) is 0 Å². The van der Waals surface area contributed by atoms with E-state index in [1.807, 2.05) is 48.5 Å². The molecule has 0 nitrogen and oxygen atoms in total. The van der Waals surface area contributed by atoms with E-state index in [-0.39, 0.29) is 11.6 Å². The minimum Gasteiger partial charge on any atom is -0.205 e. The van der Waals surface area contributed by atoms with Crippen molar-refractivity contribution in [1.82, 2.24) is 0 Å². The van der Waals surface area contributed by atoms with Crippen LogP contribution in [0.3, 0.4) is 0 Å². The summed E-state index contributed by atoms with van der Waals surface area (Å²) in [4.78, 5) is 0.794. The summed E-state index contributed by atoms with van der Waals surface area (Å²) in [5.41, 5.74) is 0.